The number of rotatable bonds is 11. The number of benzene rings is 3. The Morgan fingerprint density at radius 3 is 2.33 bits per heavy atom. The van der Waals surface area contributed by atoms with E-state index in [2.05, 4.69) is 47.1 Å². The van der Waals surface area contributed by atoms with E-state index in [1.807, 2.05) is 38.1 Å². The topological polar surface area (TPSA) is 102 Å². The van der Waals surface area contributed by atoms with Gasteiger partial charge in [0, 0.05) is 35.2 Å². The maximum atomic E-state index is 13.7. The first-order valence-corrected chi connectivity index (χ1v) is 14.8. The lowest BCUT2D eigenvalue weighted by atomic mass is 10.1. The molecule has 4 rings (SSSR count). The molecule has 0 aliphatic rings. The van der Waals surface area contributed by atoms with Crippen LogP contribution >= 0.6 is 0 Å². The summed E-state index contributed by atoms with van der Waals surface area (Å²) in [4.78, 5) is 13.0. The number of aromatic nitrogens is 1. The molecule has 0 saturated heterocycles. The van der Waals surface area contributed by atoms with Crippen molar-refractivity contribution >= 4 is 22.1 Å². The Hall–Kier alpha value is -4.41. The van der Waals surface area contributed by atoms with Gasteiger partial charge in [-0.3, -0.25) is 4.79 Å². The van der Waals surface area contributed by atoms with E-state index in [1.54, 1.807) is 18.3 Å². The van der Waals surface area contributed by atoms with Gasteiger partial charge in [-0.15, -0.1) is 0 Å². The van der Waals surface area contributed by atoms with Crippen molar-refractivity contribution in [3.05, 3.63) is 106 Å². The minimum absolute atomic E-state index is 0.00828. The summed E-state index contributed by atoms with van der Waals surface area (Å²) in [6, 6.07) is 21.7. The monoisotopic (exact) mass is 588 g/mol. The smallest absolute Gasteiger partial charge is 0.255 e. The van der Waals surface area contributed by atoms with Crippen LogP contribution in [0.25, 0.3) is 5.69 Å². The van der Waals surface area contributed by atoms with Gasteiger partial charge in [0.15, 0.2) is 11.5 Å². The minimum Gasteiger partial charge on any atom is -0.493 e. The van der Waals surface area contributed by atoms with Gasteiger partial charge < -0.3 is 14.0 Å². The molecule has 0 unspecified atom stereocenters. The van der Waals surface area contributed by atoms with E-state index in [1.165, 1.54) is 32.4 Å². The van der Waals surface area contributed by atoms with Crippen molar-refractivity contribution in [1.82, 2.24) is 14.3 Å². The molecular formula is C32H36N4O5S. The molecule has 1 aromatic heterocycles. The average Bonchev–Trinajstić information content (AvgIpc) is 3.26. The minimum atomic E-state index is -4.09. The fourth-order valence-corrected chi connectivity index (χ4v) is 6.16. The summed E-state index contributed by atoms with van der Waals surface area (Å²) < 4.78 is 41.2. The fourth-order valence-electron chi connectivity index (χ4n) is 4.76. The van der Waals surface area contributed by atoms with Crippen molar-refractivity contribution in [2.75, 3.05) is 20.8 Å². The van der Waals surface area contributed by atoms with E-state index in [0.29, 0.717) is 5.75 Å². The van der Waals surface area contributed by atoms with Crippen LogP contribution in [0.5, 0.6) is 11.5 Å². The summed E-state index contributed by atoms with van der Waals surface area (Å²) in [7, 11) is -1.19. The molecule has 0 atom stereocenters. The maximum absolute atomic E-state index is 13.7. The maximum Gasteiger partial charge on any atom is 0.255 e. The first kappa shape index (κ1) is 30.5. The zero-order valence-corrected chi connectivity index (χ0v) is 25.5. The molecule has 0 radical (unpaired) electrons. The number of hydrazone groups is 1. The van der Waals surface area contributed by atoms with Gasteiger partial charge >= 0.3 is 0 Å². The second-order valence-corrected chi connectivity index (χ2v) is 12.0. The first-order chi connectivity index (χ1) is 20.0. The highest BCUT2D eigenvalue weighted by molar-refractivity contribution is 7.89. The third kappa shape index (κ3) is 6.72. The molecular weight excluding hydrogens is 552 g/mol. The number of hydrogen-bond acceptors (Lipinski definition) is 6. The van der Waals surface area contributed by atoms with E-state index in [-0.39, 0.29) is 17.2 Å². The molecule has 1 N–H and O–H groups in total. The van der Waals surface area contributed by atoms with Crippen LogP contribution in [-0.4, -0.2) is 50.2 Å². The lowest BCUT2D eigenvalue weighted by Gasteiger charge is -2.22. The van der Waals surface area contributed by atoms with Crippen LogP contribution in [0.1, 0.15) is 33.6 Å². The van der Waals surface area contributed by atoms with E-state index in [0.717, 1.165) is 43.6 Å². The Morgan fingerprint density at radius 2 is 1.64 bits per heavy atom. The van der Waals surface area contributed by atoms with Gasteiger partial charge in [-0.1, -0.05) is 42.5 Å². The van der Waals surface area contributed by atoms with E-state index in [4.69, 9.17) is 9.47 Å². The second kappa shape index (κ2) is 13.1. The molecule has 220 valence electrons. The van der Waals surface area contributed by atoms with Gasteiger partial charge in [0.1, 0.15) is 0 Å². The molecule has 0 aliphatic carbocycles. The highest BCUT2D eigenvalue weighted by Gasteiger charge is 2.28. The van der Waals surface area contributed by atoms with Crippen LogP contribution in [0.3, 0.4) is 0 Å². The lowest BCUT2D eigenvalue weighted by Crippen LogP contribution is -2.39. The normalized spacial score (nSPS) is 11.7. The predicted octanol–water partition coefficient (Wildman–Crippen LogP) is 5.07. The number of nitrogens with zero attached hydrogens (tertiary/aromatic N) is 3. The lowest BCUT2D eigenvalue weighted by molar-refractivity contribution is -0.121. The Labute approximate surface area is 247 Å². The quantitative estimate of drug-likeness (QED) is 0.195. The molecule has 0 aliphatic heterocycles. The van der Waals surface area contributed by atoms with Crippen molar-refractivity contribution in [3.8, 4) is 17.2 Å². The molecule has 0 saturated carbocycles. The summed E-state index contributed by atoms with van der Waals surface area (Å²) in [5, 5.41) is 4.16. The van der Waals surface area contributed by atoms with E-state index < -0.39 is 22.5 Å². The number of ether oxygens (including phenoxy) is 2. The standard InChI is InChI=1S/C32H36N4O5S/c1-22-12-13-23(2)29(16-22)36-24(3)17-27(25(36)4)19-33-34-32(37)21-35(20-26-10-8-7-9-11-26)42(38,39)28-14-15-30(40-5)31(18-28)41-6/h7-19H,20-21H2,1-6H3,(H,34,37)/b33-19+. The Bertz CT molecular complexity index is 1710. The van der Waals surface area contributed by atoms with Crippen LogP contribution in [-0.2, 0) is 21.4 Å². The number of sulfonamides is 1. The van der Waals surface area contributed by atoms with Crippen LogP contribution in [0.4, 0.5) is 0 Å². The number of hydrogen-bond donors (Lipinski definition) is 1. The zero-order chi connectivity index (χ0) is 30.4. The highest BCUT2D eigenvalue weighted by atomic mass is 32.2. The van der Waals surface area contributed by atoms with Crippen molar-refractivity contribution in [2.45, 2.75) is 39.1 Å². The number of carbonyl (C=O) groups is 1. The zero-order valence-electron chi connectivity index (χ0n) is 24.7. The van der Waals surface area contributed by atoms with Crippen LogP contribution in [0.2, 0.25) is 0 Å². The first-order valence-electron chi connectivity index (χ1n) is 13.4. The third-order valence-corrected chi connectivity index (χ3v) is 8.77. The van der Waals surface area contributed by atoms with Crippen molar-refractivity contribution in [3.63, 3.8) is 0 Å². The molecule has 3 aromatic carbocycles. The summed E-state index contributed by atoms with van der Waals surface area (Å²) in [6.45, 7) is 7.69. The number of carbonyl (C=O) groups excluding carboxylic acids is 1. The van der Waals surface area contributed by atoms with E-state index >= 15 is 0 Å². The molecule has 9 nitrogen and oxygen atoms in total. The molecule has 0 bridgehead atoms. The van der Waals surface area contributed by atoms with E-state index in [9.17, 15) is 13.2 Å². The Balaban J connectivity index is 1.56. The molecule has 1 heterocycles. The van der Waals surface area contributed by atoms with Crippen LogP contribution < -0.4 is 14.9 Å². The summed E-state index contributed by atoms with van der Waals surface area (Å²) >= 11 is 0. The average molecular weight is 589 g/mol. The Morgan fingerprint density at radius 1 is 0.929 bits per heavy atom. The van der Waals surface area contributed by atoms with Gasteiger partial charge in [-0.2, -0.15) is 9.41 Å². The molecule has 4 aromatic rings. The molecule has 0 fully saturated rings. The number of nitrogens with one attached hydrogen (secondary N) is 1. The Kier molecular flexibility index (Phi) is 9.49. The van der Waals surface area contributed by atoms with Crippen molar-refractivity contribution < 1.29 is 22.7 Å². The number of amides is 1. The highest BCUT2D eigenvalue weighted by Crippen LogP contribution is 2.31. The molecule has 42 heavy (non-hydrogen) atoms. The van der Waals surface area contributed by atoms with Gasteiger partial charge in [-0.05, 0) is 68.7 Å². The van der Waals surface area contributed by atoms with Gasteiger partial charge in [-0.25, -0.2) is 13.8 Å². The van der Waals surface area contributed by atoms with Gasteiger partial charge in [0.2, 0.25) is 10.0 Å². The van der Waals surface area contributed by atoms with Crippen LogP contribution in [0.15, 0.2) is 82.8 Å². The molecule has 0 spiro atoms. The van der Waals surface area contributed by atoms with Crippen molar-refractivity contribution in [2.24, 2.45) is 5.10 Å². The molecule has 1 amide bonds. The van der Waals surface area contributed by atoms with Gasteiger partial charge in [0.25, 0.3) is 5.91 Å². The summed E-state index contributed by atoms with van der Waals surface area (Å²) in [5.74, 6) is 0.0929. The second-order valence-electron chi connectivity index (χ2n) is 10.0. The number of aryl methyl sites for hydroxylation is 3. The largest absolute Gasteiger partial charge is 0.493 e. The summed E-state index contributed by atoms with van der Waals surface area (Å²) in [5.41, 5.74) is 9.47. The third-order valence-electron chi connectivity index (χ3n) is 6.98. The van der Waals surface area contributed by atoms with Crippen LogP contribution in [0, 0.1) is 27.7 Å². The SMILES string of the molecule is COc1ccc(S(=O)(=O)N(CC(=O)N/N=C/c2cc(C)n(-c3cc(C)ccc3C)c2C)Cc2ccccc2)cc1OC. The fraction of sp³-hybridized carbons (Fsp3) is 0.250. The summed E-state index contributed by atoms with van der Waals surface area (Å²) in [6.07, 6.45) is 1.58. The van der Waals surface area contributed by atoms with Gasteiger partial charge in [0.05, 0.1) is 31.9 Å². The number of methoxy groups -OCH3 is 2. The molecule has 10 heteroatoms. The predicted molar refractivity (Wildman–Crippen MR) is 164 cm³/mol. The van der Waals surface area contributed by atoms with Crippen molar-refractivity contribution in [1.29, 1.82) is 0 Å².